The number of carbonyl (C=O) groups excluding carboxylic acids is 2. The van der Waals surface area contributed by atoms with Crippen molar-refractivity contribution in [3.63, 3.8) is 0 Å². The number of non-ortho nitro benzene ring substituents is 1. The normalized spacial score (nSPS) is 19.8. The topological polar surface area (TPSA) is 125 Å². The van der Waals surface area contributed by atoms with Gasteiger partial charge in [-0.05, 0) is 25.3 Å². The lowest BCUT2D eigenvalue weighted by Crippen LogP contribution is -2.34. The van der Waals surface area contributed by atoms with Gasteiger partial charge in [0.2, 0.25) is 5.91 Å². The highest BCUT2D eigenvalue weighted by Gasteiger charge is 2.26. The molecule has 1 aliphatic rings. The molecule has 0 saturated heterocycles. The third kappa shape index (κ3) is 4.90. The first-order valence-corrected chi connectivity index (χ1v) is 7.35. The summed E-state index contributed by atoms with van der Waals surface area (Å²) in [5.41, 5.74) is 5.79. The second kappa shape index (κ2) is 8.60. The van der Waals surface area contributed by atoms with Gasteiger partial charge in [0, 0.05) is 29.8 Å². The summed E-state index contributed by atoms with van der Waals surface area (Å²) < 4.78 is 4.57. The molecule has 1 fully saturated rings. The smallest absolute Gasteiger partial charge is 0.338 e. The number of nitrogens with zero attached hydrogens (tertiary/aromatic N) is 1. The molecule has 3 N–H and O–H groups in total. The van der Waals surface area contributed by atoms with E-state index >= 15 is 0 Å². The number of methoxy groups -OCH3 is 1. The number of benzene rings is 1. The highest BCUT2D eigenvalue weighted by molar-refractivity contribution is 5.96. The van der Waals surface area contributed by atoms with Gasteiger partial charge in [-0.3, -0.25) is 14.9 Å². The Hall–Kier alpha value is -2.19. The van der Waals surface area contributed by atoms with Gasteiger partial charge in [0.05, 0.1) is 17.6 Å². The molecule has 1 amide bonds. The van der Waals surface area contributed by atoms with Crippen LogP contribution in [0.3, 0.4) is 0 Å². The van der Waals surface area contributed by atoms with Crippen LogP contribution >= 0.6 is 12.4 Å². The second-order valence-electron chi connectivity index (χ2n) is 5.63. The van der Waals surface area contributed by atoms with Crippen LogP contribution in [0.2, 0.25) is 0 Å². The summed E-state index contributed by atoms with van der Waals surface area (Å²) in [4.78, 5) is 34.2. The quantitative estimate of drug-likeness (QED) is 0.483. The molecule has 0 heterocycles. The molecule has 1 aromatic rings. The molecule has 0 aliphatic heterocycles. The monoisotopic (exact) mass is 357 g/mol. The zero-order valence-electron chi connectivity index (χ0n) is 13.2. The maximum Gasteiger partial charge on any atom is 0.338 e. The van der Waals surface area contributed by atoms with Crippen LogP contribution < -0.4 is 11.1 Å². The molecular formula is C15H20ClN3O5. The second-order valence-corrected chi connectivity index (χ2v) is 5.63. The Bertz CT molecular complexity index is 638. The minimum absolute atomic E-state index is 0. The Labute approximate surface area is 145 Å². The maximum atomic E-state index is 12.3. The SMILES string of the molecule is COC(=O)c1cc(NC(=O)C2CCCC(N)C2)cc([N+](=O)[O-])c1.Cl. The van der Waals surface area contributed by atoms with Crippen molar-refractivity contribution < 1.29 is 19.2 Å². The zero-order chi connectivity index (χ0) is 17.0. The lowest BCUT2D eigenvalue weighted by atomic mass is 9.85. The van der Waals surface area contributed by atoms with Crippen LogP contribution in [0.4, 0.5) is 11.4 Å². The van der Waals surface area contributed by atoms with Crippen molar-refractivity contribution >= 4 is 35.7 Å². The lowest BCUT2D eigenvalue weighted by molar-refractivity contribution is -0.384. The number of carbonyl (C=O) groups is 2. The molecule has 8 nitrogen and oxygen atoms in total. The largest absolute Gasteiger partial charge is 0.465 e. The highest BCUT2D eigenvalue weighted by atomic mass is 35.5. The first kappa shape index (κ1) is 19.9. The van der Waals surface area contributed by atoms with E-state index in [1.807, 2.05) is 0 Å². The van der Waals surface area contributed by atoms with E-state index in [-0.39, 0.29) is 47.2 Å². The van der Waals surface area contributed by atoms with Crippen molar-refractivity contribution in [3.05, 3.63) is 33.9 Å². The van der Waals surface area contributed by atoms with E-state index < -0.39 is 10.9 Å². The molecule has 0 bridgehead atoms. The number of nitro benzene ring substituents is 1. The Morgan fingerprint density at radius 2 is 2.04 bits per heavy atom. The van der Waals surface area contributed by atoms with Crippen LogP contribution in [0, 0.1) is 16.0 Å². The van der Waals surface area contributed by atoms with Gasteiger partial charge in [-0.1, -0.05) is 6.42 Å². The molecule has 24 heavy (non-hydrogen) atoms. The Kier molecular flexibility index (Phi) is 7.12. The number of halogens is 1. The first-order chi connectivity index (χ1) is 10.9. The summed E-state index contributed by atoms with van der Waals surface area (Å²) in [7, 11) is 1.18. The van der Waals surface area contributed by atoms with Crippen molar-refractivity contribution in [2.24, 2.45) is 11.7 Å². The number of hydrogen-bond acceptors (Lipinski definition) is 6. The van der Waals surface area contributed by atoms with Gasteiger partial charge in [0.15, 0.2) is 0 Å². The Morgan fingerprint density at radius 1 is 1.33 bits per heavy atom. The van der Waals surface area contributed by atoms with E-state index in [0.29, 0.717) is 6.42 Å². The number of anilines is 1. The fourth-order valence-electron chi connectivity index (χ4n) is 2.73. The molecule has 1 aliphatic carbocycles. The van der Waals surface area contributed by atoms with Crippen molar-refractivity contribution in [1.82, 2.24) is 0 Å². The number of amides is 1. The number of nitro groups is 1. The third-order valence-electron chi connectivity index (χ3n) is 3.90. The number of esters is 1. The van der Waals surface area contributed by atoms with E-state index in [1.165, 1.54) is 19.2 Å². The van der Waals surface area contributed by atoms with E-state index in [0.717, 1.165) is 25.3 Å². The summed E-state index contributed by atoms with van der Waals surface area (Å²) in [6, 6.07) is 3.68. The maximum absolute atomic E-state index is 12.3. The van der Waals surface area contributed by atoms with Crippen molar-refractivity contribution in [3.8, 4) is 0 Å². The van der Waals surface area contributed by atoms with Gasteiger partial charge < -0.3 is 15.8 Å². The molecule has 2 rings (SSSR count). The molecular weight excluding hydrogens is 338 g/mol. The van der Waals surface area contributed by atoms with Crippen LogP contribution in [0.1, 0.15) is 36.0 Å². The molecule has 1 aromatic carbocycles. The van der Waals surface area contributed by atoms with Gasteiger partial charge >= 0.3 is 5.97 Å². The van der Waals surface area contributed by atoms with Gasteiger partial charge in [0.1, 0.15) is 0 Å². The van der Waals surface area contributed by atoms with Crippen LogP contribution in [-0.2, 0) is 9.53 Å². The fraction of sp³-hybridized carbons (Fsp3) is 0.467. The molecule has 0 radical (unpaired) electrons. The van der Waals surface area contributed by atoms with Gasteiger partial charge in [-0.15, -0.1) is 12.4 Å². The number of rotatable bonds is 4. The minimum Gasteiger partial charge on any atom is -0.465 e. The third-order valence-corrected chi connectivity index (χ3v) is 3.90. The van der Waals surface area contributed by atoms with Gasteiger partial charge in [0.25, 0.3) is 5.69 Å². The van der Waals surface area contributed by atoms with Crippen LogP contribution in [-0.4, -0.2) is 30.0 Å². The van der Waals surface area contributed by atoms with Crippen LogP contribution in [0.5, 0.6) is 0 Å². The molecule has 132 valence electrons. The number of nitrogens with two attached hydrogens (primary N) is 1. The number of nitrogens with one attached hydrogen (secondary N) is 1. The van der Waals surface area contributed by atoms with Gasteiger partial charge in [-0.2, -0.15) is 0 Å². The summed E-state index contributed by atoms with van der Waals surface area (Å²) in [6.45, 7) is 0. The minimum atomic E-state index is -0.705. The van der Waals surface area contributed by atoms with Crippen LogP contribution in [0.15, 0.2) is 18.2 Å². The van der Waals surface area contributed by atoms with E-state index in [9.17, 15) is 19.7 Å². The highest BCUT2D eigenvalue weighted by Crippen LogP contribution is 2.26. The predicted octanol–water partition coefficient (Wildman–Crippen LogP) is 2.26. The molecule has 2 unspecified atom stereocenters. The average molecular weight is 358 g/mol. The molecule has 0 spiro atoms. The fourth-order valence-corrected chi connectivity index (χ4v) is 2.73. The molecule has 9 heteroatoms. The lowest BCUT2D eigenvalue weighted by Gasteiger charge is -2.25. The summed E-state index contributed by atoms with van der Waals surface area (Å²) in [6.07, 6.45) is 3.09. The molecule has 0 aromatic heterocycles. The number of hydrogen-bond donors (Lipinski definition) is 2. The predicted molar refractivity (Wildman–Crippen MR) is 90.2 cm³/mol. The first-order valence-electron chi connectivity index (χ1n) is 7.35. The van der Waals surface area contributed by atoms with E-state index in [4.69, 9.17) is 5.73 Å². The van der Waals surface area contributed by atoms with Crippen LogP contribution in [0.25, 0.3) is 0 Å². The van der Waals surface area contributed by atoms with E-state index in [1.54, 1.807) is 0 Å². The summed E-state index contributed by atoms with van der Waals surface area (Å²) in [5.74, 6) is -1.17. The van der Waals surface area contributed by atoms with Crippen molar-refractivity contribution in [1.29, 1.82) is 0 Å². The average Bonchev–Trinajstić information content (AvgIpc) is 2.53. The molecule has 2 atom stereocenters. The summed E-state index contributed by atoms with van der Waals surface area (Å²) in [5, 5.41) is 13.6. The van der Waals surface area contributed by atoms with Gasteiger partial charge in [-0.25, -0.2) is 4.79 Å². The zero-order valence-corrected chi connectivity index (χ0v) is 14.0. The summed E-state index contributed by atoms with van der Waals surface area (Å²) >= 11 is 0. The molecule has 1 saturated carbocycles. The number of ether oxygens (including phenoxy) is 1. The Morgan fingerprint density at radius 3 is 2.62 bits per heavy atom. The van der Waals surface area contributed by atoms with Crippen molar-refractivity contribution in [2.75, 3.05) is 12.4 Å². The van der Waals surface area contributed by atoms with E-state index in [2.05, 4.69) is 10.1 Å². The van der Waals surface area contributed by atoms with Crippen molar-refractivity contribution in [2.45, 2.75) is 31.7 Å². The Balaban J connectivity index is 0.00000288. The standard InChI is InChI=1S/C15H19N3O5.ClH/c1-23-15(20)10-6-12(8-13(7-10)18(21)22)17-14(19)9-3-2-4-11(16)5-9;/h6-9,11H,2-5,16H2,1H3,(H,17,19);1H.